The third-order valence-corrected chi connectivity index (χ3v) is 6.27. The van der Waals surface area contributed by atoms with Crippen LogP contribution < -0.4 is 0 Å². The van der Waals surface area contributed by atoms with Crippen LogP contribution in [0.3, 0.4) is 0 Å². The lowest BCUT2D eigenvalue weighted by Gasteiger charge is -2.27. The molecule has 0 aliphatic carbocycles. The van der Waals surface area contributed by atoms with Crippen molar-refractivity contribution in [3.63, 3.8) is 0 Å². The minimum Gasteiger partial charge on any atom is -0.467 e. The Labute approximate surface area is 197 Å². The first-order valence-corrected chi connectivity index (χ1v) is 11.7. The van der Waals surface area contributed by atoms with Crippen LogP contribution in [-0.2, 0) is 24.4 Å². The predicted molar refractivity (Wildman–Crippen MR) is 130 cm³/mol. The summed E-state index contributed by atoms with van der Waals surface area (Å²) >= 11 is 1.62. The summed E-state index contributed by atoms with van der Waals surface area (Å²) < 4.78 is 5.49. The number of aryl methyl sites for hydroxylation is 1. The fraction of sp³-hybridized carbons (Fsp3) is 0.185. The van der Waals surface area contributed by atoms with E-state index in [9.17, 15) is 9.59 Å². The Morgan fingerprint density at radius 2 is 1.61 bits per heavy atom. The molecule has 5 nitrogen and oxygen atoms in total. The molecule has 0 bridgehead atoms. The third-order valence-electron chi connectivity index (χ3n) is 5.41. The van der Waals surface area contributed by atoms with Crippen LogP contribution in [0.4, 0.5) is 0 Å². The number of hydrogen-bond donors (Lipinski definition) is 0. The Morgan fingerprint density at radius 3 is 2.30 bits per heavy atom. The highest BCUT2D eigenvalue weighted by atomic mass is 32.1. The number of carbonyl (C=O) groups is 2. The van der Waals surface area contributed by atoms with Gasteiger partial charge in [-0.2, -0.15) is 0 Å². The number of hydrogen-bond acceptors (Lipinski definition) is 4. The molecule has 33 heavy (non-hydrogen) atoms. The molecule has 4 aromatic rings. The van der Waals surface area contributed by atoms with Crippen molar-refractivity contribution in [1.29, 1.82) is 0 Å². The average Bonchev–Trinajstić information content (AvgIpc) is 3.53. The Kier molecular flexibility index (Phi) is 7.37. The zero-order chi connectivity index (χ0) is 23.0. The molecule has 0 saturated heterocycles. The first-order valence-electron chi connectivity index (χ1n) is 10.8. The molecule has 168 valence electrons. The van der Waals surface area contributed by atoms with Gasteiger partial charge in [-0.1, -0.05) is 54.6 Å². The molecular formula is C27H26N2O3S. The maximum atomic E-state index is 13.5. The van der Waals surface area contributed by atoms with Crippen molar-refractivity contribution in [3.8, 4) is 0 Å². The summed E-state index contributed by atoms with van der Waals surface area (Å²) in [6.45, 7) is 3.07. The summed E-state index contributed by atoms with van der Waals surface area (Å²) in [5.41, 5.74) is 2.51. The van der Waals surface area contributed by atoms with Gasteiger partial charge < -0.3 is 14.2 Å². The van der Waals surface area contributed by atoms with Gasteiger partial charge in [0.05, 0.1) is 19.4 Å². The summed E-state index contributed by atoms with van der Waals surface area (Å²) in [6, 6.07) is 24.9. The molecule has 6 heteroatoms. The zero-order valence-electron chi connectivity index (χ0n) is 18.5. The van der Waals surface area contributed by atoms with Crippen LogP contribution in [-0.4, -0.2) is 28.2 Å². The molecule has 0 spiro atoms. The highest BCUT2D eigenvalue weighted by Gasteiger charge is 2.24. The number of benzene rings is 2. The van der Waals surface area contributed by atoms with E-state index in [1.54, 1.807) is 39.5 Å². The smallest absolute Gasteiger partial charge is 0.255 e. The van der Waals surface area contributed by atoms with E-state index in [2.05, 4.69) is 0 Å². The topological polar surface area (TPSA) is 53.8 Å². The van der Waals surface area contributed by atoms with Crippen molar-refractivity contribution in [2.45, 2.75) is 26.6 Å². The number of carbonyl (C=O) groups excluding carboxylic acids is 2. The molecule has 2 amide bonds. The van der Waals surface area contributed by atoms with Gasteiger partial charge in [0, 0.05) is 17.0 Å². The van der Waals surface area contributed by atoms with Gasteiger partial charge in [0.1, 0.15) is 12.3 Å². The van der Waals surface area contributed by atoms with E-state index in [0.29, 0.717) is 24.4 Å². The summed E-state index contributed by atoms with van der Waals surface area (Å²) in [4.78, 5) is 31.5. The minimum atomic E-state index is -0.186. The van der Waals surface area contributed by atoms with Crippen LogP contribution in [0.2, 0.25) is 0 Å². The number of amides is 2. The van der Waals surface area contributed by atoms with Gasteiger partial charge in [-0.25, -0.2) is 0 Å². The van der Waals surface area contributed by atoms with E-state index in [-0.39, 0.29) is 24.9 Å². The van der Waals surface area contributed by atoms with E-state index in [4.69, 9.17) is 4.42 Å². The van der Waals surface area contributed by atoms with Gasteiger partial charge in [0.25, 0.3) is 5.91 Å². The van der Waals surface area contributed by atoms with Crippen molar-refractivity contribution >= 4 is 23.2 Å². The van der Waals surface area contributed by atoms with Crippen molar-refractivity contribution in [2.75, 3.05) is 6.54 Å². The molecule has 2 aromatic heterocycles. The first-order chi connectivity index (χ1) is 16.1. The SMILES string of the molecule is Cc1ccccc1C(=O)N(CC(=O)N(Cc1ccccc1)Cc1cccs1)Cc1ccco1. The first kappa shape index (κ1) is 22.6. The van der Waals surface area contributed by atoms with Crippen LogP contribution in [0.5, 0.6) is 0 Å². The molecule has 0 aliphatic heterocycles. The summed E-state index contributed by atoms with van der Waals surface area (Å²) in [6.07, 6.45) is 1.58. The van der Waals surface area contributed by atoms with Crippen molar-refractivity contribution in [2.24, 2.45) is 0 Å². The number of furan rings is 1. The van der Waals surface area contributed by atoms with Crippen LogP contribution in [0, 0.1) is 6.92 Å². The normalized spacial score (nSPS) is 10.7. The van der Waals surface area contributed by atoms with Gasteiger partial charge in [0.2, 0.25) is 5.91 Å². The molecule has 0 atom stereocenters. The fourth-order valence-corrected chi connectivity index (χ4v) is 4.38. The standard InChI is InChI=1S/C27H26N2O3S/c1-21-9-5-6-14-25(21)27(31)29(18-23-12-7-15-32-23)20-26(30)28(19-24-13-8-16-33-24)17-22-10-3-2-4-11-22/h2-16H,17-20H2,1H3. The maximum Gasteiger partial charge on any atom is 0.255 e. The second kappa shape index (κ2) is 10.8. The monoisotopic (exact) mass is 458 g/mol. The molecule has 2 heterocycles. The lowest BCUT2D eigenvalue weighted by molar-refractivity contribution is -0.133. The number of rotatable bonds is 9. The lowest BCUT2D eigenvalue weighted by atomic mass is 10.1. The molecular weight excluding hydrogens is 432 g/mol. The molecule has 4 rings (SSSR count). The van der Waals surface area contributed by atoms with Crippen molar-refractivity contribution in [3.05, 3.63) is 118 Å². The summed E-state index contributed by atoms with van der Waals surface area (Å²) in [7, 11) is 0. The number of thiophene rings is 1. The van der Waals surface area contributed by atoms with E-state index < -0.39 is 0 Å². The minimum absolute atomic E-state index is 0.0356. The van der Waals surface area contributed by atoms with Gasteiger partial charge in [-0.05, 0) is 47.7 Å². The second-order valence-corrected chi connectivity index (χ2v) is 8.90. The predicted octanol–water partition coefficient (Wildman–Crippen LogP) is 5.52. The Balaban J connectivity index is 1.58. The fourth-order valence-electron chi connectivity index (χ4n) is 3.66. The van der Waals surface area contributed by atoms with Crippen LogP contribution in [0.25, 0.3) is 0 Å². The van der Waals surface area contributed by atoms with Gasteiger partial charge >= 0.3 is 0 Å². The average molecular weight is 459 g/mol. The van der Waals surface area contributed by atoms with Crippen LogP contribution in [0.15, 0.2) is 94.9 Å². The molecule has 0 fully saturated rings. The van der Waals surface area contributed by atoms with Gasteiger partial charge in [0.15, 0.2) is 0 Å². The molecule has 0 saturated carbocycles. The third kappa shape index (κ3) is 5.99. The highest BCUT2D eigenvalue weighted by molar-refractivity contribution is 7.09. The molecule has 0 unspecified atom stereocenters. The molecule has 0 N–H and O–H groups in total. The van der Waals surface area contributed by atoms with E-state index in [1.165, 1.54) is 0 Å². The molecule has 2 aromatic carbocycles. The zero-order valence-corrected chi connectivity index (χ0v) is 19.3. The van der Waals surface area contributed by atoms with Crippen LogP contribution in [0.1, 0.15) is 32.1 Å². The van der Waals surface area contributed by atoms with E-state index in [1.807, 2.05) is 79.0 Å². The Bertz CT molecular complexity index is 1170. The molecule has 0 radical (unpaired) electrons. The van der Waals surface area contributed by atoms with E-state index >= 15 is 0 Å². The van der Waals surface area contributed by atoms with Crippen molar-refractivity contribution < 1.29 is 14.0 Å². The second-order valence-electron chi connectivity index (χ2n) is 7.87. The van der Waals surface area contributed by atoms with Crippen LogP contribution >= 0.6 is 11.3 Å². The van der Waals surface area contributed by atoms with Gasteiger partial charge in [-0.3, -0.25) is 9.59 Å². The highest BCUT2D eigenvalue weighted by Crippen LogP contribution is 2.18. The molecule has 0 aliphatic rings. The van der Waals surface area contributed by atoms with E-state index in [0.717, 1.165) is 16.0 Å². The number of nitrogens with zero attached hydrogens (tertiary/aromatic N) is 2. The quantitative estimate of drug-likeness (QED) is 0.332. The Morgan fingerprint density at radius 1 is 0.818 bits per heavy atom. The summed E-state index contributed by atoms with van der Waals surface area (Å²) in [5.74, 6) is 0.340. The lowest BCUT2D eigenvalue weighted by Crippen LogP contribution is -2.42. The summed E-state index contributed by atoms with van der Waals surface area (Å²) in [5, 5.41) is 2.01. The van der Waals surface area contributed by atoms with Gasteiger partial charge in [-0.15, -0.1) is 11.3 Å². The Hall–Kier alpha value is -3.64. The maximum absolute atomic E-state index is 13.5. The largest absolute Gasteiger partial charge is 0.467 e. The van der Waals surface area contributed by atoms with Crippen molar-refractivity contribution in [1.82, 2.24) is 9.80 Å².